The number of benzene rings is 1. The molecule has 0 saturated heterocycles. The quantitative estimate of drug-likeness (QED) is 0.859. The van der Waals surface area contributed by atoms with E-state index in [2.05, 4.69) is 0 Å². The number of anilines is 1. The maximum atomic E-state index is 12.0. The highest BCUT2D eigenvalue weighted by atomic mass is 16.1. The fraction of sp³-hybridized carbons (Fsp3) is 0.214. The molecule has 0 radical (unpaired) electrons. The zero-order chi connectivity index (χ0) is 12.4. The predicted molar refractivity (Wildman–Crippen MR) is 70.9 cm³/mol. The van der Waals surface area contributed by atoms with Gasteiger partial charge >= 0.3 is 0 Å². The molecular weight excluding hydrogens is 212 g/mol. The Hall–Kier alpha value is -2.03. The monoisotopic (exact) mass is 228 g/mol. The van der Waals surface area contributed by atoms with Crippen molar-refractivity contribution in [2.75, 3.05) is 5.73 Å². The van der Waals surface area contributed by atoms with E-state index in [0.717, 1.165) is 11.3 Å². The van der Waals surface area contributed by atoms with Crippen molar-refractivity contribution in [2.45, 2.75) is 19.9 Å². The summed E-state index contributed by atoms with van der Waals surface area (Å²) in [6, 6.07) is 13.2. The van der Waals surface area contributed by atoms with Crippen molar-refractivity contribution in [3.05, 3.63) is 52.8 Å². The van der Waals surface area contributed by atoms with Crippen LogP contribution in [0.25, 0.3) is 11.3 Å². The van der Waals surface area contributed by atoms with Gasteiger partial charge in [0.15, 0.2) is 0 Å². The maximum Gasteiger partial charge on any atom is 0.253 e. The lowest BCUT2D eigenvalue weighted by Gasteiger charge is -2.16. The third kappa shape index (κ3) is 2.23. The molecule has 1 aromatic heterocycles. The molecule has 1 heterocycles. The van der Waals surface area contributed by atoms with Crippen LogP contribution in [0.1, 0.15) is 19.9 Å². The fourth-order valence-electron chi connectivity index (χ4n) is 1.96. The van der Waals surface area contributed by atoms with Gasteiger partial charge in [-0.05, 0) is 25.5 Å². The van der Waals surface area contributed by atoms with E-state index in [1.165, 1.54) is 6.07 Å². The number of aromatic nitrogens is 1. The summed E-state index contributed by atoms with van der Waals surface area (Å²) in [6.45, 7) is 3.98. The largest absolute Gasteiger partial charge is 0.399 e. The fourth-order valence-corrected chi connectivity index (χ4v) is 1.96. The second-order valence-corrected chi connectivity index (χ2v) is 4.34. The zero-order valence-electron chi connectivity index (χ0n) is 10.1. The summed E-state index contributed by atoms with van der Waals surface area (Å²) < 4.78 is 1.76. The molecule has 2 aromatic rings. The Balaban J connectivity index is 2.72. The van der Waals surface area contributed by atoms with Crippen LogP contribution in [-0.2, 0) is 0 Å². The van der Waals surface area contributed by atoms with Crippen LogP contribution in [0.15, 0.2) is 47.3 Å². The molecule has 3 heteroatoms. The number of nitrogen functional groups attached to an aromatic ring is 1. The summed E-state index contributed by atoms with van der Waals surface area (Å²) in [5.74, 6) is 0. The molecule has 2 N–H and O–H groups in total. The number of hydrogen-bond donors (Lipinski definition) is 1. The normalized spacial score (nSPS) is 10.8. The molecule has 0 spiro atoms. The lowest BCUT2D eigenvalue weighted by molar-refractivity contribution is 0.585. The molecule has 0 saturated carbocycles. The summed E-state index contributed by atoms with van der Waals surface area (Å²) in [5, 5.41) is 0. The SMILES string of the molecule is CC(C)n1c(-c2ccccc2)cc(N)cc1=O. The lowest BCUT2D eigenvalue weighted by atomic mass is 10.1. The average Bonchev–Trinajstić information content (AvgIpc) is 2.28. The summed E-state index contributed by atoms with van der Waals surface area (Å²) in [5.41, 5.74) is 8.07. The van der Waals surface area contributed by atoms with Crippen molar-refractivity contribution in [1.29, 1.82) is 0 Å². The molecule has 17 heavy (non-hydrogen) atoms. The third-order valence-electron chi connectivity index (χ3n) is 2.68. The Labute approximate surface area is 101 Å². The Bertz CT molecular complexity index is 571. The van der Waals surface area contributed by atoms with Crippen molar-refractivity contribution in [3.8, 4) is 11.3 Å². The van der Waals surface area contributed by atoms with Crippen molar-refractivity contribution >= 4 is 5.69 Å². The summed E-state index contributed by atoms with van der Waals surface area (Å²) >= 11 is 0. The number of pyridine rings is 1. The van der Waals surface area contributed by atoms with E-state index in [9.17, 15) is 4.79 Å². The highest BCUT2D eigenvalue weighted by Crippen LogP contribution is 2.22. The minimum atomic E-state index is -0.0566. The first-order valence-electron chi connectivity index (χ1n) is 5.67. The highest BCUT2D eigenvalue weighted by molar-refractivity contribution is 5.63. The minimum absolute atomic E-state index is 0.0566. The van der Waals surface area contributed by atoms with Gasteiger partial charge < -0.3 is 10.3 Å². The molecule has 0 atom stereocenters. The van der Waals surface area contributed by atoms with Crippen LogP contribution in [-0.4, -0.2) is 4.57 Å². The Morgan fingerprint density at radius 2 is 1.76 bits per heavy atom. The first-order valence-corrected chi connectivity index (χ1v) is 5.67. The van der Waals surface area contributed by atoms with Gasteiger partial charge in [-0.25, -0.2) is 0 Å². The van der Waals surface area contributed by atoms with Gasteiger partial charge in [0, 0.05) is 17.8 Å². The van der Waals surface area contributed by atoms with Gasteiger partial charge in [0.2, 0.25) is 0 Å². The second-order valence-electron chi connectivity index (χ2n) is 4.34. The molecule has 0 fully saturated rings. The van der Waals surface area contributed by atoms with E-state index < -0.39 is 0 Å². The van der Waals surface area contributed by atoms with Gasteiger partial charge in [-0.2, -0.15) is 0 Å². The van der Waals surface area contributed by atoms with Gasteiger partial charge in [0.25, 0.3) is 5.56 Å². The van der Waals surface area contributed by atoms with Crippen molar-refractivity contribution in [3.63, 3.8) is 0 Å². The van der Waals surface area contributed by atoms with Gasteiger partial charge in [-0.1, -0.05) is 30.3 Å². The van der Waals surface area contributed by atoms with Crippen molar-refractivity contribution in [1.82, 2.24) is 4.57 Å². The van der Waals surface area contributed by atoms with Gasteiger partial charge in [0.05, 0.1) is 5.69 Å². The molecule has 0 amide bonds. The van der Waals surface area contributed by atoms with Gasteiger partial charge in [-0.15, -0.1) is 0 Å². The number of rotatable bonds is 2. The summed E-state index contributed by atoms with van der Waals surface area (Å²) in [6.07, 6.45) is 0. The molecule has 0 unspecified atom stereocenters. The molecule has 1 aromatic carbocycles. The summed E-state index contributed by atoms with van der Waals surface area (Å²) in [7, 11) is 0. The average molecular weight is 228 g/mol. The molecule has 88 valence electrons. The lowest BCUT2D eigenvalue weighted by Crippen LogP contribution is -2.23. The van der Waals surface area contributed by atoms with Crippen molar-refractivity contribution in [2.24, 2.45) is 0 Å². The van der Waals surface area contributed by atoms with Crippen LogP contribution >= 0.6 is 0 Å². The topological polar surface area (TPSA) is 48.0 Å². The van der Waals surface area contributed by atoms with Crippen LogP contribution < -0.4 is 11.3 Å². The van der Waals surface area contributed by atoms with E-state index in [-0.39, 0.29) is 11.6 Å². The Morgan fingerprint density at radius 1 is 1.12 bits per heavy atom. The zero-order valence-corrected chi connectivity index (χ0v) is 10.1. The molecule has 2 rings (SSSR count). The second kappa shape index (κ2) is 4.45. The molecule has 0 aliphatic heterocycles. The molecule has 0 aliphatic carbocycles. The molecule has 3 nitrogen and oxygen atoms in total. The smallest absolute Gasteiger partial charge is 0.253 e. The van der Waals surface area contributed by atoms with Crippen LogP contribution in [0.5, 0.6) is 0 Å². The number of hydrogen-bond acceptors (Lipinski definition) is 2. The maximum absolute atomic E-state index is 12.0. The first-order chi connectivity index (χ1) is 8.09. The van der Waals surface area contributed by atoms with Crippen LogP contribution in [0.4, 0.5) is 5.69 Å². The van der Waals surface area contributed by atoms with Crippen LogP contribution in [0, 0.1) is 0 Å². The van der Waals surface area contributed by atoms with Crippen LogP contribution in [0.3, 0.4) is 0 Å². The predicted octanol–water partition coefficient (Wildman–Crippen LogP) is 2.68. The first kappa shape index (κ1) is 11.5. The molecule has 0 bridgehead atoms. The third-order valence-corrected chi connectivity index (χ3v) is 2.68. The van der Waals surface area contributed by atoms with E-state index in [4.69, 9.17) is 5.73 Å². The van der Waals surface area contributed by atoms with Crippen molar-refractivity contribution < 1.29 is 0 Å². The Kier molecular flexibility index (Phi) is 3.00. The van der Waals surface area contributed by atoms with E-state index >= 15 is 0 Å². The summed E-state index contributed by atoms with van der Waals surface area (Å²) in [4.78, 5) is 12.0. The standard InChI is InChI=1S/C14H16N2O/c1-10(2)16-13(8-12(15)9-14(16)17)11-6-4-3-5-7-11/h3-10H,15H2,1-2H3. The minimum Gasteiger partial charge on any atom is -0.399 e. The number of nitrogens with two attached hydrogens (primary N) is 1. The van der Waals surface area contributed by atoms with E-state index in [0.29, 0.717) is 5.69 Å². The number of nitrogens with zero attached hydrogens (tertiary/aromatic N) is 1. The molecular formula is C14H16N2O. The molecule has 0 aliphatic rings. The van der Waals surface area contributed by atoms with E-state index in [1.807, 2.05) is 50.2 Å². The van der Waals surface area contributed by atoms with E-state index in [1.54, 1.807) is 4.57 Å². The van der Waals surface area contributed by atoms with Crippen LogP contribution in [0.2, 0.25) is 0 Å². The Morgan fingerprint density at radius 3 is 2.35 bits per heavy atom. The van der Waals surface area contributed by atoms with Gasteiger partial charge in [0.1, 0.15) is 0 Å². The highest BCUT2D eigenvalue weighted by Gasteiger charge is 2.10. The van der Waals surface area contributed by atoms with Gasteiger partial charge in [-0.3, -0.25) is 4.79 Å².